The van der Waals surface area contributed by atoms with E-state index in [1.807, 2.05) is 0 Å². The second-order valence-corrected chi connectivity index (χ2v) is 4.62. The highest BCUT2D eigenvalue weighted by molar-refractivity contribution is 5.83. The van der Waals surface area contributed by atoms with E-state index in [-0.39, 0.29) is 11.4 Å². The van der Waals surface area contributed by atoms with Crippen LogP contribution in [-0.4, -0.2) is 46.7 Å². The number of carboxylic acids is 1. The maximum atomic E-state index is 11.7. The molecule has 5 nitrogen and oxygen atoms in total. The molecule has 5 heteroatoms. The Kier molecular flexibility index (Phi) is 2.88. The van der Waals surface area contributed by atoms with Crippen molar-refractivity contribution in [3.63, 3.8) is 0 Å². The molecule has 0 saturated carbocycles. The van der Waals surface area contributed by atoms with Gasteiger partial charge in [0.1, 0.15) is 6.04 Å². The first-order chi connectivity index (χ1) is 7.57. The Morgan fingerprint density at radius 2 is 1.94 bits per heavy atom. The van der Waals surface area contributed by atoms with Crippen LogP contribution in [0, 0.1) is 0 Å². The van der Waals surface area contributed by atoms with Crippen LogP contribution in [0.1, 0.15) is 32.6 Å². The summed E-state index contributed by atoms with van der Waals surface area (Å²) in [5.41, 5.74) is -0.257. The molecule has 1 unspecified atom stereocenters. The monoisotopic (exact) mass is 227 g/mol. The summed E-state index contributed by atoms with van der Waals surface area (Å²) in [6.07, 6.45) is 2.87. The summed E-state index contributed by atoms with van der Waals surface area (Å²) in [5, 5.41) is 9.12. The van der Waals surface area contributed by atoms with E-state index in [1.54, 1.807) is 4.90 Å². The largest absolute Gasteiger partial charge is 0.480 e. The molecule has 2 fully saturated rings. The fraction of sp³-hybridized carbons (Fsp3) is 0.818. The number of ether oxygens (including phenoxy) is 1. The Labute approximate surface area is 94.4 Å². The van der Waals surface area contributed by atoms with Crippen molar-refractivity contribution in [1.29, 1.82) is 0 Å². The molecule has 2 heterocycles. The maximum absolute atomic E-state index is 11.7. The minimum absolute atomic E-state index is 0.133. The molecule has 1 spiro atoms. The third-order valence-corrected chi connectivity index (χ3v) is 3.75. The predicted molar refractivity (Wildman–Crippen MR) is 56.0 cm³/mol. The molecule has 1 atom stereocenters. The number of carbonyl (C=O) groups is 2. The van der Waals surface area contributed by atoms with Crippen molar-refractivity contribution >= 4 is 11.9 Å². The number of carbonyl (C=O) groups excluding carboxylic acids is 1. The van der Waals surface area contributed by atoms with Gasteiger partial charge in [0.25, 0.3) is 0 Å². The van der Waals surface area contributed by atoms with Crippen LogP contribution >= 0.6 is 0 Å². The van der Waals surface area contributed by atoms with E-state index in [9.17, 15) is 9.59 Å². The van der Waals surface area contributed by atoms with E-state index >= 15 is 0 Å². The van der Waals surface area contributed by atoms with E-state index < -0.39 is 12.0 Å². The van der Waals surface area contributed by atoms with Crippen molar-refractivity contribution in [3.8, 4) is 0 Å². The number of rotatable bonds is 1. The second-order valence-electron chi connectivity index (χ2n) is 4.62. The van der Waals surface area contributed by atoms with Gasteiger partial charge in [-0.05, 0) is 25.7 Å². The van der Waals surface area contributed by atoms with Crippen LogP contribution in [0.25, 0.3) is 0 Å². The summed E-state index contributed by atoms with van der Waals surface area (Å²) >= 11 is 0. The topological polar surface area (TPSA) is 66.8 Å². The van der Waals surface area contributed by atoms with Crippen LogP contribution < -0.4 is 0 Å². The smallest absolute Gasteiger partial charge is 0.326 e. The Morgan fingerprint density at radius 3 is 2.44 bits per heavy atom. The molecular weight excluding hydrogens is 210 g/mol. The predicted octanol–water partition coefficient (Wildman–Crippen LogP) is 0.631. The lowest BCUT2D eigenvalue weighted by Gasteiger charge is -2.42. The zero-order valence-corrected chi connectivity index (χ0v) is 9.44. The van der Waals surface area contributed by atoms with Gasteiger partial charge in [0.2, 0.25) is 5.91 Å². The first-order valence-corrected chi connectivity index (χ1v) is 5.67. The maximum Gasteiger partial charge on any atom is 0.326 e. The van der Waals surface area contributed by atoms with Gasteiger partial charge in [-0.2, -0.15) is 0 Å². The van der Waals surface area contributed by atoms with Crippen LogP contribution in [-0.2, 0) is 14.3 Å². The van der Waals surface area contributed by atoms with Gasteiger partial charge >= 0.3 is 5.97 Å². The second kappa shape index (κ2) is 4.05. The molecule has 2 aliphatic rings. The molecule has 0 radical (unpaired) electrons. The van der Waals surface area contributed by atoms with Gasteiger partial charge in [0.15, 0.2) is 0 Å². The van der Waals surface area contributed by atoms with E-state index in [0.717, 1.165) is 19.3 Å². The molecule has 2 aliphatic heterocycles. The summed E-state index contributed by atoms with van der Waals surface area (Å²) in [6, 6.07) is -0.643. The molecule has 1 N–H and O–H groups in total. The van der Waals surface area contributed by atoms with Crippen molar-refractivity contribution in [2.45, 2.75) is 44.2 Å². The third-order valence-electron chi connectivity index (χ3n) is 3.75. The van der Waals surface area contributed by atoms with Gasteiger partial charge < -0.3 is 14.7 Å². The van der Waals surface area contributed by atoms with Gasteiger partial charge in [-0.1, -0.05) is 0 Å². The summed E-state index contributed by atoms with van der Waals surface area (Å²) in [7, 11) is 0. The highest BCUT2D eigenvalue weighted by atomic mass is 16.5. The number of aliphatic carboxylic acids is 1. The molecule has 0 bridgehead atoms. The van der Waals surface area contributed by atoms with Gasteiger partial charge in [0, 0.05) is 25.7 Å². The number of hydrogen-bond donors (Lipinski definition) is 1. The first-order valence-electron chi connectivity index (χ1n) is 5.67. The first kappa shape index (κ1) is 11.4. The van der Waals surface area contributed by atoms with Crippen LogP contribution in [0.5, 0.6) is 0 Å². The number of amides is 1. The molecular formula is C11H17NO4. The summed E-state index contributed by atoms with van der Waals surface area (Å²) in [5.74, 6) is -1.02. The van der Waals surface area contributed by atoms with Crippen LogP contribution in [0.3, 0.4) is 0 Å². The van der Waals surface area contributed by atoms with Gasteiger partial charge in [-0.15, -0.1) is 0 Å². The Morgan fingerprint density at radius 1 is 1.31 bits per heavy atom. The average Bonchev–Trinajstić information content (AvgIpc) is 2.58. The van der Waals surface area contributed by atoms with E-state index in [2.05, 4.69) is 0 Å². The molecule has 2 saturated heterocycles. The zero-order valence-electron chi connectivity index (χ0n) is 9.44. The quantitative estimate of drug-likeness (QED) is 0.713. The fourth-order valence-corrected chi connectivity index (χ4v) is 3.02. The van der Waals surface area contributed by atoms with E-state index in [1.165, 1.54) is 6.92 Å². The molecule has 16 heavy (non-hydrogen) atoms. The van der Waals surface area contributed by atoms with Crippen molar-refractivity contribution in [2.75, 3.05) is 13.2 Å². The molecule has 90 valence electrons. The number of carboxylic acid groups (broad SMARTS) is 1. The van der Waals surface area contributed by atoms with Gasteiger partial charge in [-0.3, -0.25) is 4.79 Å². The van der Waals surface area contributed by atoms with Gasteiger partial charge in [0.05, 0.1) is 0 Å². The minimum Gasteiger partial charge on any atom is -0.480 e. The van der Waals surface area contributed by atoms with Crippen LogP contribution in [0.2, 0.25) is 0 Å². The minimum atomic E-state index is -0.890. The van der Waals surface area contributed by atoms with Crippen LogP contribution in [0.15, 0.2) is 0 Å². The van der Waals surface area contributed by atoms with Crippen LogP contribution in [0.4, 0.5) is 0 Å². The number of hydrogen-bond acceptors (Lipinski definition) is 3. The number of nitrogens with zero attached hydrogens (tertiary/aromatic N) is 1. The van der Waals surface area contributed by atoms with Crippen molar-refractivity contribution in [3.05, 3.63) is 0 Å². The summed E-state index contributed by atoms with van der Waals surface area (Å²) in [6.45, 7) is 2.70. The highest BCUT2D eigenvalue weighted by Gasteiger charge is 2.50. The number of likely N-dealkylation sites (tertiary alicyclic amines) is 1. The standard InChI is InChI=1S/C11H17NO4/c1-8(13)12-9(10(14)15)2-3-11(12)4-6-16-7-5-11/h9H,2-7H2,1H3,(H,14,15). The van der Waals surface area contributed by atoms with Crippen molar-refractivity contribution in [1.82, 2.24) is 4.90 Å². The average molecular weight is 227 g/mol. The van der Waals surface area contributed by atoms with Gasteiger partial charge in [-0.25, -0.2) is 4.79 Å². The SMILES string of the molecule is CC(=O)N1C(C(=O)O)CCC12CCOCC2. The van der Waals surface area contributed by atoms with E-state index in [4.69, 9.17) is 9.84 Å². The summed E-state index contributed by atoms with van der Waals surface area (Å²) in [4.78, 5) is 24.4. The lowest BCUT2D eigenvalue weighted by Crippen LogP contribution is -2.54. The molecule has 0 aliphatic carbocycles. The Bertz CT molecular complexity index is 309. The Hall–Kier alpha value is -1.10. The molecule has 0 aromatic heterocycles. The van der Waals surface area contributed by atoms with E-state index in [0.29, 0.717) is 19.6 Å². The fourth-order valence-electron chi connectivity index (χ4n) is 3.02. The summed E-state index contributed by atoms with van der Waals surface area (Å²) < 4.78 is 5.29. The third kappa shape index (κ3) is 1.69. The highest BCUT2D eigenvalue weighted by Crippen LogP contribution is 2.41. The molecule has 1 amide bonds. The lowest BCUT2D eigenvalue weighted by molar-refractivity contribution is -0.153. The van der Waals surface area contributed by atoms with Crippen molar-refractivity contribution in [2.24, 2.45) is 0 Å². The van der Waals surface area contributed by atoms with Crippen molar-refractivity contribution < 1.29 is 19.4 Å². The molecule has 0 aromatic carbocycles. The normalized spacial score (nSPS) is 28.3. The molecule has 0 aromatic rings. The Balaban J connectivity index is 2.26. The lowest BCUT2D eigenvalue weighted by atomic mass is 9.87. The zero-order chi connectivity index (χ0) is 11.8. The molecule has 2 rings (SSSR count).